The second-order valence-corrected chi connectivity index (χ2v) is 8.41. The van der Waals surface area contributed by atoms with E-state index in [0.717, 1.165) is 16.9 Å². The Morgan fingerprint density at radius 1 is 1.16 bits per heavy atom. The summed E-state index contributed by atoms with van der Waals surface area (Å²) in [6.07, 6.45) is 2.62. The zero-order chi connectivity index (χ0) is 22.8. The molecule has 3 aromatic heterocycles. The average Bonchev–Trinajstić information content (AvgIpc) is 3.20. The Labute approximate surface area is 186 Å². The highest BCUT2D eigenvalue weighted by molar-refractivity contribution is 5.90. The van der Waals surface area contributed by atoms with Gasteiger partial charge in [-0.1, -0.05) is 0 Å². The van der Waals surface area contributed by atoms with E-state index < -0.39 is 0 Å². The molecule has 0 atom stereocenters. The molecule has 1 saturated heterocycles. The quantitative estimate of drug-likeness (QED) is 0.643. The van der Waals surface area contributed by atoms with Gasteiger partial charge in [-0.15, -0.1) is 0 Å². The summed E-state index contributed by atoms with van der Waals surface area (Å²) in [5, 5.41) is 12.5. The van der Waals surface area contributed by atoms with Gasteiger partial charge in [0.05, 0.1) is 6.10 Å². The van der Waals surface area contributed by atoms with Gasteiger partial charge in [0.1, 0.15) is 17.3 Å². The topological polar surface area (TPSA) is 101 Å². The normalized spacial score (nSPS) is 14.7. The van der Waals surface area contributed by atoms with E-state index in [4.69, 9.17) is 9.40 Å². The van der Waals surface area contributed by atoms with E-state index in [9.17, 15) is 14.7 Å². The molecule has 0 radical (unpaired) electrons. The number of pyridine rings is 2. The minimum absolute atomic E-state index is 0.0198. The summed E-state index contributed by atoms with van der Waals surface area (Å²) in [5.41, 5.74) is 2.15. The van der Waals surface area contributed by atoms with Crippen molar-refractivity contribution in [3.63, 3.8) is 0 Å². The molecule has 32 heavy (non-hydrogen) atoms. The van der Waals surface area contributed by atoms with Gasteiger partial charge in [-0.3, -0.25) is 10.1 Å². The molecule has 4 heterocycles. The minimum atomic E-state index is -0.348. The van der Waals surface area contributed by atoms with Crippen LogP contribution in [0.3, 0.4) is 0 Å². The van der Waals surface area contributed by atoms with Crippen LogP contribution in [0.25, 0.3) is 22.6 Å². The fourth-order valence-electron chi connectivity index (χ4n) is 3.84. The first-order valence-electron chi connectivity index (χ1n) is 10.9. The van der Waals surface area contributed by atoms with Gasteiger partial charge in [-0.2, -0.15) is 0 Å². The third-order valence-electron chi connectivity index (χ3n) is 5.66. The van der Waals surface area contributed by atoms with E-state index in [-0.39, 0.29) is 23.7 Å². The molecule has 0 spiro atoms. The Balaban J connectivity index is 1.70. The van der Waals surface area contributed by atoms with Gasteiger partial charge in [0, 0.05) is 42.5 Å². The first kappa shape index (κ1) is 21.8. The lowest BCUT2D eigenvalue weighted by molar-refractivity contribution is 0.0972. The van der Waals surface area contributed by atoms with Crippen LogP contribution >= 0.6 is 0 Å². The fourth-order valence-corrected chi connectivity index (χ4v) is 3.84. The van der Waals surface area contributed by atoms with E-state index in [1.54, 1.807) is 27.7 Å². The molecule has 2 N–H and O–H groups in total. The Bertz CT molecular complexity index is 1170. The number of amides is 2. The second kappa shape index (κ2) is 9.00. The number of aliphatic hydroxyl groups excluding tert-OH is 1. The maximum Gasteiger partial charge on any atom is 0.323 e. The second-order valence-electron chi connectivity index (χ2n) is 8.41. The van der Waals surface area contributed by atoms with Gasteiger partial charge in [0.15, 0.2) is 5.76 Å². The summed E-state index contributed by atoms with van der Waals surface area (Å²) in [6.45, 7) is 6.79. The number of hydrogen-bond donors (Lipinski definition) is 2. The summed E-state index contributed by atoms with van der Waals surface area (Å²) < 4.78 is 7.51. The van der Waals surface area contributed by atoms with Crippen molar-refractivity contribution in [1.29, 1.82) is 0 Å². The zero-order valence-corrected chi connectivity index (χ0v) is 18.5. The number of aryl methyl sites for hydroxylation is 1. The number of aromatic nitrogens is 2. The monoisotopic (exact) mass is 436 g/mol. The number of piperidine rings is 1. The Morgan fingerprint density at radius 3 is 2.56 bits per heavy atom. The average molecular weight is 437 g/mol. The number of hydrogen-bond acceptors (Lipinski definition) is 5. The summed E-state index contributed by atoms with van der Waals surface area (Å²) in [4.78, 5) is 31.2. The number of nitrogens with zero attached hydrogens (tertiary/aromatic N) is 3. The Morgan fingerprint density at radius 2 is 1.91 bits per heavy atom. The highest BCUT2D eigenvalue weighted by atomic mass is 16.3. The molecule has 4 rings (SSSR count). The summed E-state index contributed by atoms with van der Waals surface area (Å²) in [5.74, 6) is 1.74. The molecule has 0 bridgehead atoms. The minimum Gasteiger partial charge on any atom is -0.460 e. The van der Waals surface area contributed by atoms with Gasteiger partial charge >= 0.3 is 6.03 Å². The van der Waals surface area contributed by atoms with Crippen LogP contribution in [0.1, 0.15) is 38.5 Å². The molecule has 0 aromatic carbocycles. The van der Waals surface area contributed by atoms with Crippen molar-refractivity contribution in [3.8, 4) is 22.6 Å². The molecule has 8 nitrogen and oxygen atoms in total. The number of furan rings is 1. The van der Waals surface area contributed by atoms with Crippen LogP contribution in [0.4, 0.5) is 10.6 Å². The molecule has 2 amide bonds. The zero-order valence-electron chi connectivity index (χ0n) is 18.5. The number of carbonyl (C=O) groups is 1. The van der Waals surface area contributed by atoms with E-state index in [2.05, 4.69) is 5.32 Å². The number of nitrogens with one attached hydrogen (secondary N) is 1. The van der Waals surface area contributed by atoms with Crippen molar-refractivity contribution < 1.29 is 14.3 Å². The van der Waals surface area contributed by atoms with Gasteiger partial charge in [-0.25, -0.2) is 9.78 Å². The smallest absolute Gasteiger partial charge is 0.323 e. The molecular formula is C24H28N4O4. The van der Waals surface area contributed by atoms with E-state index in [0.29, 0.717) is 43.2 Å². The lowest BCUT2D eigenvalue weighted by atomic mass is 10.0. The summed E-state index contributed by atoms with van der Waals surface area (Å²) in [7, 11) is 0. The number of carbonyl (C=O) groups excluding carboxylic acids is 1. The molecule has 0 saturated carbocycles. The number of anilines is 1. The van der Waals surface area contributed by atoms with Crippen LogP contribution in [0.2, 0.25) is 0 Å². The number of likely N-dealkylation sites (tertiary alicyclic amines) is 1. The van der Waals surface area contributed by atoms with Crippen LogP contribution in [0.5, 0.6) is 0 Å². The molecule has 0 unspecified atom stereocenters. The maximum atomic E-state index is 12.7. The van der Waals surface area contributed by atoms with Gasteiger partial charge < -0.3 is 19.0 Å². The lowest BCUT2D eigenvalue weighted by Gasteiger charge is -2.29. The van der Waals surface area contributed by atoms with Crippen molar-refractivity contribution in [2.45, 2.75) is 45.8 Å². The van der Waals surface area contributed by atoms with Gasteiger partial charge in [0.25, 0.3) is 5.56 Å². The van der Waals surface area contributed by atoms with Crippen molar-refractivity contribution in [1.82, 2.24) is 14.5 Å². The molecule has 1 aliphatic rings. The van der Waals surface area contributed by atoms with E-state index >= 15 is 0 Å². The third kappa shape index (κ3) is 4.60. The van der Waals surface area contributed by atoms with Crippen LogP contribution < -0.4 is 10.9 Å². The van der Waals surface area contributed by atoms with Crippen LogP contribution in [0.15, 0.2) is 51.8 Å². The van der Waals surface area contributed by atoms with Crippen molar-refractivity contribution in [3.05, 3.63) is 58.7 Å². The predicted molar refractivity (Wildman–Crippen MR) is 123 cm³/mol. The molecule has 8 heteroatoms. The first-order valence-corrected chi connectivity index (χ1v) is 10.9. The number of rotatable bonds is 4. The molecular weight excluding hydrogens is 408 g/mol. The SMILES string of the molecule is Cc1ccc(-c2nc(NC(=O)N3CCC(O)CC3)ccc2-c2ccc(=O)n(C(C)C)c2)o1. The van der Waals surface area contributed by atoms with Crippen molar-refractivity contribution in [2.24, 2.45) is 0 Å². The number of aliphatic hydroxyl groups is 1. The van der Waals surface area contributed by atoms with Crippen LogP contribution in [-0.2, 0) is 0 Å². The lowest BCUT2D eigenvalue weighted by Crippen LogP contribution is -2.42. The standard InChI is InChI=1S/C24H28N4O4/c1-15(2)28-14-17(5-9-22(28)30)19-6-8-21(25-23(19)20-7-4-16(3)32-20)26-24(31)27-12-10-18(29)11-13-27/h4-9,14-15,18,29H,10-13H2,1-3H3,(H,25,26,31). The Kier molecular flexibility index (Phi) is 6.14. The fraction of sp³-hybridized carbons (Fsp3) is 0.375. The molecule has 1 fully saturated rings. The third-order valence-corrected chi connectivity index (χ3v) is 5.66. The van der Waals surface area contributed by atoms with E-state index in [1.165, 1.54) is 0 Å². The van der Waals surface area contributed by atoms with Crippen LogP contribution in [-0.4, -0.2) is 44.8 Å². The van der Waals surface area contributed by atoms with Gasteiger partial charge in [0.2, 0.25) is 0 Å². The highest BCUT2D eigenvalue weighted by Gasteiger charge is 2.22. The van der Waals surface area contributed by atoms with Crippen molar-refractivity contribution >= 4 is 11.8 Å². The molecule has 0 aliphatic carbocycles. The largest absolute Gasteiger partial charge is 0.460 e. The van der Waals surface area contributed by atoms with Gasteiger partial charge in [-0.05, 0) is 63.9 Å². The molecule has 3 aromatic rings. The first-order chi connectivity index (χ1) is 15.3. The summed E-state index contributed by atoms with van der Waals surface area (Å²) >= 11 is 0. The van der Waals surface area contributed by atoms with Crippen molar-refractivity contribution in [2.75, 3.05) is 18.4 Å². The van der Waals surface area contributed by atoms with Crippen LogP contribution in [0, 0.1) is 6.92 Å². The molecule has 1 aliphatic heterocycles. The Hall–Kier alpha value is -3.39. The summed E-state index contributed by atoms with van der Waals surface area (Å²) in [6, 6.07) is 10.4. The van der Waals surface area contributed by atoms with E-state index in [1.807, 2.05) is 45.2 Å². The highest BCUT2D eigenvalue weighted by Crippen LogP contribution is 2.33. The number of urea groups is 1. The molecule has 168 valence electrons. The maximum absolute atomic E-state index is 12.7. The predicted octanol–water partition coefficient (Wildman–Crippen LogP) is 4.05.